The second-order valence-corrected chi connectivity index (χ2v) is 9.01. The molecule has 9 nitrogen and oxygen atoms in total. The van der Waals surface area contributed by atoms with Gasteiger partial charge in [-0.15, -0.1) is 0 Å². The summed E-state index contributed by atoms with van der Waals surface area (Å²) >= 11 is 0. The minimum absolute atomic E-state index is 0.0451. The molecule has 5 rings (SSSR count). The van der Waals surface area contributed by atoms with Crippen LogP contribution in [0.2, 0.25) is 0 Å². The molecular formula is C24H26FN5O4. The third-order valence-corrected chi connectivity index (χ3v) is 6.47. The van der Waals surface area contributed by atoms with Gasteiger partial charge in [0.15, 0.2) is 0 Å². The highest BCUT2D eigenvalue weighted by atomic mass is 19.1. The Morgan fingerprint density at radius 2 is 1.82 bits per heavy atom. The lowest BCUT2D eigenvalue weighted by atomic mass is 9.91. The molecule has 1 aromatic carbocycles. The first-order chi connectivity index (χ1) is 16.5. The average Bonchev–Trinajstić information content (AvgIpc) is 3.54. The summed E-state index contributed by atoms with van der Waals surface area (Å²) in [6.45, 7) is 0.579. The topological polar surface area (TPSA) is 129 Å². The Labute approximate surface area is 195 Å². The van der Waals surface area contributed by atoms with E-state index < -0.39 is 11.9 Å². The number of halogens is 1. The minimum atomic E-state index is -1.03. The normalized spacial score (nSPS) is 20.1. The van der Waals surface area contributed by atoms with Gasteiger partial charge < -0.3 is 25.5 Å². The predicted octanol–water partition coefficient (Wildman–Crippen LogP) is 3.86. The molecule has 2 saturated carbocycles. The number of carbonyl (C=O) groups is 2. The van der Waals surface area contributed by atoms with Gasteiger partial charge in [-0.05, 0) is 62.6 Å². The highest BCUT2D eigenvalue weighted by molar-refractivity contribution is 6.07. The first-order valence-corrected chi connectivity index (χ1v) is 11.5. The summed E-state index contributed by atoms with van der Waals surface area (Å²) in [5.41, 5.74) is 2.33. The Kier molecular flexibility index (Phi) is 6.04. The Bertz CT molecular complexity index is 1220. The average molecular weight is 468 g/mol. The largest absolute Gasteiger partial charge is 0.493 e. The molecule has 4 N–H and O–H groups in total. The zero-order chi connectivity index (χ0) is 23.7. The first kappa shape index (κ1) is 22.1. The van der Waals surface area contributed by atoms with E-state index in [-0.39, 0.29) is 18.0 Å². The molecule has 3 aromatic rings. The molecule has 2 aromatic heterocycles. The van der Waals surface area contributed by atoms with Gasteiger partial charge in [-0.3, -0.25) is 4.79 Å². The highest BCUT2D eigenvalue weighted by Crippen LogP contribution is 2.36. The van der Waals surface area contributed by atoms with Crippen molar-refractivity contribution in [2.45, 2.75) is 50.6 Å². The zero-order valence-corrected chi connectivity index (χ0v) is 18.5. The number of aromatic amines is 1. The van der Waals surface area contributed by atoms with E-state index in [2.05, 4.69) is 25.6 Å². The number of H-pyrrole nitrogens is 1. The Hall–Kier alpha value is -3.69. The molecule has 0 radical (unpaired) electrons. The lowest BCUT2D eigenvalue weighted by molar-refractivity contribution is 0.0924. The number of fused-ring (bicyclic) bond motifs is 1. The van der Waals surface area contributed by atoms with Crippen LogP contribution < -0.4 is 15.4 Å². The number of aromatic nitrogens is 3. The van der Waals surface area contributed by atoms with Crippen molar-refractivity contribution >= 4 is 23.0 Å². The fourth-order valence-electron chi connectivity index (χ4n) is 4.44. The first-order valence-electron chi connectivity index (χ1n) is 11.5. The molecule has 178 valence electrons. The second-order valence-electron chi connectivity index (χ2n) is 9.01. The molecular weight excluding hydrogens is 441 g/mol. The van der Waals surface area contributed by atoms with Crippen molar-refractivity contribution in [1.82, 2.24) is 25.6 Å². The van der Waals surface area contributed by atoms with E-state index in [1.54, 1.807) is 12.3 Å². The van der Waals surface area contributed by atoms with Gasteiger partial charge in [-0.25, -0.2) is 19.2 Å². The van der Waals surface area contributed by atoms with Crippen molar-refractivity contribution in [1.29, 1.82) is 0 Å². The summed E-state index contributed by atoms with van der Waals surface area (Å²) in [5.74, 6) is 0.410. The molecule has 2 fully saturated rings. The third-order valence-electron chi connectivity index (χ3n) is 6.47. The van der Waals surface area contributed by atoms with Crippen LogP contribution in [0.3, 0.4) is 0 Å². The zero-order valence-electron chi connectivity index (χ0n) is 18.5. The molecule has 2 amide bonds. The van der Waals surface area contributed by atoms with Crippen LogP contribution in [0.4, 0.5) is 9.18 Å². The molecule has 0 atom stereocenters. The van der Waals surface area contributed by atoms with Gasteiger partial charge in [0.1, 0.15) is 29.1 Å². The number of nitrogens with one attached hydrogen (secondary N) is 3. The monoisotopic (exact) mass is 467 g/mol. The van der Waals surface area contributed by atoms with Gasteiger partial charge in [0.25, 0.3) is 5.91 Å². The molecule has 10 heteroatoms. The Morgan fingerprint density at radius 1 is 1.09 bits per heavy atom. The lowest BCUT2D eigenvalue weighted by Gasteiger charge is -2.28. The number of rotatable bonds is 7. The van der Waals surface area contributed by atoms with Crippen LogP contribution in [-0.2, 0) is 0 Å². The fraction of sp³-hybridized carbons (Fsp3) is 0.417. The molecule has 34 heavy (non-hydrogen) atoms. The summed E-state index contributed by atoms with van der Waals surface area (Å²) in [6.07, 6.45) is 6.90. The second kappa shape index (κ2) is 9.28. The van der Waals surface area contributed by atoms with E-state index in [1.807, 2.05) is 0 Å². The van der Waals surface area contributed by atoms with E-state index in [1.165, 1.54) is 18.5 Å². The lowest BCUT2D eigenvalue weighted by Crippen LogP contribution is -2.43. The van der Waals surface area contributed by atoms with E-state index in [0.29, 0.717) is 71.8 Å². The molecule has 0 unspecified atom stereocenters. The van der Waals surface area contributed by atoms with Crippen LogP contribution in [0.25, 0.3) is 22.3 Å². The van der Waals surface area contributed by atoms with Gasteiger partial charge in [0.05, 0.1) is 17.7 Å². The number of hydrogen-bond donors (Lipinski definition) is 4. The summed E-state index contributed by atoms with van der Waals surface area (Å²) in [7, 11) is 0. The number of ether oxygens (including phenoxy) is 1. The van der Waals surface area contributed by atoms with Crippen molar-refractivity contribution in [3.63, 3.8) is 0 Å². The molecule has 0 bridgehead atoms. The van der Waals surface area contributed by atoms with E-state index in [4.69, 9.17) is 9.84 Å². The van der Waals surface area contributed by atoms with Crippen molar-refractivity contribution in [3.8, 4) is 17.0 Å². The number of amides is 2. The van der Waals surface area contributed by atoms with Crippen molar-refractivity contribution in [2.75, 3.05) is 6.61 Å². The van der Waals surface area contributed by atoms with Gasteiger partial charge >= 0.3 is 6.09 Å². The molecule has 0 saturated heterocycles. The van der Waals surface area contributed by atoms with Crippen molar-refractivity contribution in [2.24, 2.45) is 5.92 Å². The molecule has 2 aliphatic rings. The summed E-state index contributed by atoms with van der Waals surface area (Å²) in [5, 5.41) is 14.4. The van der Waals surface area contributed by atoms with Crippen molar-refractivity contribution in [3.05, 3.63) is 42.1 Å². The molecule has 2 aliphatic carbocycles. The Morgan fingerprint density at radius 3 is 2.53 bits per heavy atom. The number of carboxylic acid groups (broad SMARTS) is 1. The molecule has 0 aliphatic heterocycles. The van der Waals surface area contributed by atoms with Crippen LogP contribution in [0, 0.1) is 11.7 Å². The molecule has 2 heterocycles. The van der Waals surface area contributed by atoms with E-state index in [9.17, 15) is 14.0 Å². The minimum Gasteiger partial charge on any atom is -0.493 e. The van der Waals surface area contributed by atoms with Gasteiger partial charge in [-0.1, -0.05) is 0 Å². The highest BCUT2D eigenvalue weighted by Gasteiger charge is 2.26. The van der Waals surface area contributed by atoms with Gasteiger partial charge in [-0.2, -0.15) is 0 Å². The Balaban J connectivity index is 1.35. The van der Waals surface area contributed by atoms with Crippen LogP contribution >= 0.6 is 0 Å². The summed E-state index contributed by atoms with van der Waals surface area (Å²) in [6, 6.07) is 4.22. The van der Waals surface area contributed by atoms with Crippen LogP contribution in [-0.4, -0.2) is 50.7 Å². The molecule has 0 spiro atoms. The smallest absolute Gasteiger partial charge is 0.404 e. The SMILES string of the molecule is O=C(O)NC1CCC(NC(=O)c2c[nH]c3c(-c4cc(F)ccc4OCC4CC4)ncnc23)CC1. The number of nitrogens with zero attached hydrogens (tertiary/aromatic N) is 2. The summed E-state index contributed by atoms with van der Waals surface area (Å²) in [4.78, 5) is 35.6. The quantitative estimate of drug-likeness (QED) is 0.418. The third kappa shape index (κ3) is 4.80. The van der Waals surface area contributed by atoms with Crippen molar-refractivity contribution < 1.29 is 23.8 Å². The van der Waals surface area contributed by atoms with Crippen LogP contribution in [0.15, 0.2) is 30.7 Å². The van der Waals surface area contributed by atoms with E-state index in [0.717, 1.165) is 12.8 Å². The maximum absolute atomic E-state index is 14.1. The fourth-order valence-corrected chi connectivity index (χ4v) is 4.44. The van der Waals surface area contributed by atoms with Crippen LogP contribution in [0.5, 0.6) is 5.75 Å². The number of benzene rings is 1. The predicted molar refractivity (Wildman–Crippen MR) is 122 cm³/mol. The number of hydrogen-bond acceptors (Lipinski definition) is 5. The van der Waals surface area contributed by atoms with Gasteiger partial charge in [0, 0.05) is 23.8 Å². The maximum Gasteiger partial charge on any atom is 0.404 e. The number of carbonyl (C=O) groups excluding carboxylic acids is 1. The summed E-state index contributed by atoms with van der Waals surface area (Å²) < 4.78 is 20.1. The van der Waals surface area contributed by atoms with Crippen LogP contribution in [0.1, 0.15) is 48.9 Å². The standard InChI is InChI=1S/C24H26FN5O4/c25-14-3-8-19(34-11-13-1-2-13)17(9-14)20-22-21(28-12-27-20)18(10-26-22)23(31)29-15-4-6-16(7-5-15)30-24(32)33/h3,8-10,12-13,15-16,26,30H,1-2,4-7,11H2,(H,29,31)(H,32,33). The van der Waals surface area contributed by atoms with E-state index >= 15 is 0 Å². The maximum atomic E-state index is 14.1. The van der Waals surface area contributed by atoms with Gasteiger partial charge in [0.2, 0.25) is 0 Å².